The molecule has 6 nitrogen and oxygen atoms in total. The molecule has 22 heavy (non-hydrogen) atoms. The number of nitrogens with zero attached hydrogens (tertiary/aromatic N) is 1. The molecule has 1 fully saturated rings. The van der Waals surface area contributed by atoms with E-state index in [4.69, 9.17) is 0 Å². The number of hydrogen-bond acceptors (Lipinski definition) is 6. The lowest BCUT2D eigenvalue weighted by atomic mass is 10.2. The van der Waals surface area contributed by atoms with Crippen LogP contribution in [-0.4, -0.2) is 45.3 Å². The summed E-state index contributed by atoms with van der Waals surface area (Å²) in [5.41, 5.74) is 0.863. The van der Waals surface area contributed by atoms with Gasteiger partial charge < -0.3 is 4.18 Å². The normalized spacial score (nSPS) is 25.8. The van der Waals surface area contributed by atoms with Crippen molar-refractivity contribution in [1.29, 1.82) is 0 Å². The van der Waals surface area contributed by atoms with Crippen LogP contribution in [0.15, 0.2) is 24.3 Å². The zero-order valence-electron chi connectivity index (χ0n) is 12.3. The van der Waals surface area contributed by atoms with Crippen molar-refractivity contribution < 1.29 is 24.9 Å². The summed E-state index contributed by atoms with van der Waals surface area (Å²) in [6.07, 6.45) is 0. The summed E-state index contributed by atoms with van der Waals surface area (Å²) in [6, 6.07) is 5.97. The second kappa shape index (κ2) is 6.13. The van der Waals surface area contributed by atoms with Crippen LogP contribution in [0.2, 0.25) is 0 Å². The third kappa shape index (κ3) is 4.17. The van der Waals surface area contributed by atoms with E-state index >= 15 is 0 Å². The topological polar surface area (TPSA) is 80.8 Å². The molecule has 0 spiro atoms. The molecule has 124 valence electrons. The second-order valence-corrected chi connectivity index (χ2v) is 9.27. The highest BCUT2D eigenvalue weighted by Gasteiger charge is 2.35. The Labute approximate surface area is 130 Å². The second-order valence-electron chi connectivity index (χ2n) is 5.52. The van der Waals surface area contributed by atoms with Crippen LogP contribution in [0.3, 0.4) is 0 Å². The summed E-state index contributed by atoms with van der Waals surface area (Å²) in [5, 5.41) is -0.842. The summed E-state index contributed by atoms with van der Waals surface area (Å²) in [4.78, 5) is 2.03. The molecule has 0 N–H and O–H groups in total. The minimum atomic E-state index is -5.02. The number of rotatable bonds is 4. The van der Waals surface area contributed by atoms with Gasteiger partial charge in [0.2, 0.25) is 0 Å². The average Bonchev–Trinajstić information content (AvgIpc) is 2.37. The summed E-state index contributed by atoms with van der Waals surface area (Å²) in [7, 11) is -8.08. The Bertz CT molecular complexity index is 712. The van der Waals surface area contributed by atoms with Gasteiger partial charge in [0.25, 0.3) is 0 Å². The first-order valence-corrected chi connectivity index (χ1v) is 9.68. The number of hydrogen-bond donors (Lipinski definition) is 0. The third-order valence-electron chi connectivity index (χ3n) is 3.68. The Morgan fingerprint density at radius 3 is 2.14 bits per heavy atom. The van der Waals surface area contributed by atoms with E-state index in [1.165, 1.54) is 12.1 Å². The van der Waals surface area contributed by atoms with Crippen LogP contribution in [0.4, 0.5) is 3.89 Å². The van der Waals surface area contributed by atoms with Crippen LogP contribution in [0, 0.1) is 0 Å². The summed E-state index contributed by atoms with van der Waals surface area (Å²) >= 11 is 0. The molecule has 2 atom stereocenters. The fourth-order valence-electron chi connectivity index (χ4n) is 2.56. The third-order valence-corrected chi connectivity index (χ3v) is 6.61. The highest BCUT2D eigenvalue weighted by Crippen LogP contribution is 2.21. The van der Waals surface area contributed by atoms with Crippen LogP contribution >= 0.6 is 0 Å². The average molecular weight is 351 g/mol. The van der Waals surface area contributed by atoms with Gasteiger partial charge in [0.05, 0.1) is 10.5 Å². The van der Waals surface area contributed by atoms with Gasteiger partial charge in [-0.15, -0.1) is 0 Å². The maximum atomic E-state index is 12.4. The van der Waals surface area contributed by atoms with E-state index in [0.29, 0.717) is 19.6 Å². The molecule has 0 saturated carbocycles. The predicted molar refractivity (Wildman–Crippen MR) is 80.2 cm³/mol. The van der Waals surface area contributed by atoms with E-state index in [9.17, 15) is 20.7 Å². The van der Waals surface area contributed by atoms with Crippen LogP contribution in [0.25, 0.3) is 0 Å². The summed E-state index contributed by atoms with van der Waals surface area (Å²) in [5.74, 6) is -0.103. The number of sulfone groups is 1. The first-order valence-electron chi connectivity index (χ1n) is 6.76. The lowest BCUT2D eigenvalue weighted by molar-refractivity contribution is 0.253. The van der Waals surface area contributed by atoms with Crippen molar-refractivity contribution in [2.24, 2.45) is 0 Å². The van der Waals surface area contributed by atoms with Gasteiger partial charge >= 0.3 is 10.5 Å². The Kier molecular flexibility index (Phi) is 4.78. The van der Waals surface area contributed by atoms with E-state index in [1.54, 1.807) is 26.0 Å². The molecule has 1 aromatic carbocycles. The zero-order valence-corrected chi connectivity index (χ0v) is 13.9. The molecule has 0 radical (unpaired) electrons. The highest BCUT2D eigenvalue weighted by molar-refractivity contribution is 7.92. The summed E-state index contributed by atoms with van der Waals surface area (Å²) < 4.78 is 61.2. The molecule has 0 aliphatic carbocycles. The Morgan fingerprint density at radius 1 is 1.18 bits per heavy atom. The van der Waals surface area contributed by atoms with Crippen LogP contribution in [0.1, 0.15) is 19.4 Å². The first-order chi connectivity index (χ1) is 10.1. The molecule has 0 bridgehead atoms. The van der Waals surface area contributed by atoms with Gasteiger partial charge in [0.1, 0.15) is 5.75 Å². The van der Waals surface area contributed by atoms with E-state index < -0.39 is 30.8 Å². The van der Waals surface area contributed by atoms with Crippen LogP contribution < -0.4 is 4.18 Å². The molecule has 1 heterocycles. The van der Waals surface area contributed by atoms with Crippen LogP contribution in [-0.2, 0) is 26.9 Å². The molecule has 0 aromatic heterocycles. The lowest BCUT2D eigenvalue weighted by Gasteiger charge is -2.34. The van der Waals surface area contributed by atoms with Crippen molar-refractivity contribution in [2.45, 2.75) is 30.9 Å². The molecular formula is C13H18FNO5S2. The maximum Gasteiger partial charge on any atom is 0.488 e. The minimum absolute atomic E-state index is 0.103. The van der Waals surface area contributed by atoms with Crippen molar-refractivity contribution in [2.75, 3.05) is 13.1 Å². The fraction of sp³-hybridized carbons (Fsp3) is 0.538. The molecular weight excluding hydrogens is 333 g/mol. The van der Waals surface area contributed by atoms with E-state index in [1.807, 2.05) is 4.90 Å². The first kappa shape index (κ1) is 17.2. The predicted octanol–water partition coefficient (Wildman–Crippen LogP) is 1.29. The molecule has 1 aromatic rings. The van der Waals surface area contributed by atoms with Gasteiger partial charge in [0.15, 0.2) is 9.84 Å². The van der Waals surface area contributed by atoms with Crippen molar-refractivity contribution in [3.8, 4) is 5.75 Å². The molecule has 1 aliphatic heterocycles. The summed E-state index contributed by atoms with van der Waals surface area (Å²) in [6.45, 7) is 4.82. The molecule has 9 heteroatoms. The SMILES string of the molecule is CC1CN(Cc2ccc(OS(=O)(=O)F)cc2)CC(C)S1(=O)=O. The molecule has 2 rings (SSSR count). The number of benzene rings is 1. The fourth-order valence-corrected chi connectivity index (χ4v) is 4.53. The van der Waals surface area contributed by atoms with Gasteiger partial charge in [-0.3, -0.25) is 4.90 Å². The van der Waals surface area contributed by atoms with Gasteiger partial charge in [-0.25, -0.2) is 8.42 Å². The highest BCUT2D eigenvalue weighted by atomic mass is 32.3. The van der Waals surface area contributed by atoms with Crippen molar-refractivity contribution in [1.82, 2.24) is 4.90 Å². The van der Waals surface area contributed by atoms with Gasteiger partial charge in [0, 0.05) is 19.6 Å². The smallest absolute Gasteiger partial charge is 0.358 e. The van der Waals surface area contributed by atoms with E-state index in [2.05, 4.69) is 4.18 Å². The van der Waals surface area contributed by atoms with Gasteiger partial charge in [-0.1, -0.05) is 16.0 Å². The lowest BCUT2D eigenvalue weighted by Crippen LogP contribution is -2.49. The van der Waals surface area contributed by atoms with E-state index in [0.717, 1.165) is 5.56 Å². The van der Waals surface area contributed by atoms with Crippen molar-refractivity contribution in [3.63, 3.8) is 0 Å². The van der Waals surface area contributed by atoms with E-state index in [-0.39, 0.29) is 5.75 Å². The Hall–Kier alpha value is -1.19. The number of halogens is 1. The standard InChI is InChI=1S/C13H18FNO5S2/c1-10-7-15(8-11(2)21(10,16)17)9-12-3-5-13(6-4-12)20-22(14,18)19/h3-6,10-11H,7-9H2,1-2H3. The van der Waals surface area contributed by atoms with Gasteiger partial charge in [-0.05, 0) is 31.5 Å². The molecule has 2 unspecified atom stereocenters. The minimum Gasteiger partial charge on any atom is -0.358 e. The Morgan fingerprint density at radius 2 is 1.68 bits per heavy atom. The van der Waals surface area contributed by atoms with Gasteiger partial charge in [-0.2, -0.15) is 8.42 Å². The Balaban J connectivity index is 2.03. The maximum absolute atomic E-state index is 12.4. The molecule has 1 aliphatic rings. The largest absolute Gasteiger partial charge is 0.488 e. The zero-order chi connectivity index (χ0) is 16.5. The monoisotopic (exact) mass is 351 g/mol. The molecule has 0 amide bonds. The van der Waals surface area contributed by atoms with Crippen molar-refractivity contribution >= 4 is 20.3 Å². The molecule has 1 saturated heterocycles. The van der Waals surface area contributed by atoms with Crippen molar-refractivity contribution in [3.05, 3.63) is 29.8 Å². The quantitative estimate of drug-likeness (QED) is 0.761. The van der Waals surface area contributed by atoms with Crippen LogP contribution in [0.5, 0.6) is 5.75 Å².